The summed E-state index contributed by atoms with van der Waals surface area (Å²) in [5.41, 5.74) is 3.60. The molecule has 0 fully saturated rings. The molecule has 0 spiro atoms. The van der Waals surface area contributed by atoms with Gasteiger partial charge in [-0.3, -0.25) is 4.79 Å². The van der Waals surface area contributed by atoms with Crippen LogP contribution in [-0.4, -0.2) is 41.4 Å². The second kappa shape index (κ2) is 10.0. The molecule has 9 heteroatoms. The van der Waals surface area contributed by atoms with Gasteiger partial charge in [0.2, 0.25) is 5.91 Å². The SMILES string of the molecule is CC(C)(CCNC(=O)OCC1c2ccccc2-c2ccccc21)C(=O)NCc1cc(C(=O)O)no1. The Morgan fingerprint density at radius 1 is 1.03 bits per heavy atom. The third-order valence-corrected chi connectivity index (χ3v) is 6.18. The van der Waals surface area contributed by atoms with Gasteiger partial charge in [-0.1, -0.05) is 67.5 Å². The number of aromatic nitrogens is 1. The first-order valence-corrected chi connectivity index (χ1v) is 11.3. The van der Waals surface area contributed by atoms with Crippen LogP contribution in [0.15, 0.2) is 59.1 Å². The number of carboxylic acid groups (broad SMARTS) is 1. The lowest BCUT2D eigenvalue weighted by Crippen LogP contribution is -2.39. The van der Waals surface area contributed by atoms with Crippen LogP contribution in [0.3, 0.4) is 0 Å². The summed E-state index contributed by atoms with van der Waals surface area (Å²) in [7, 11) is 0. The fraction of sp³-hybridized carbons (Fsp3) is 0.308. The molecule has 0 bridgehead atoms. The molecule has 9 nitrogen and oxygen atoms in total. The number of carbonyl (C=O) groups is 3. The van der Waals surface area contributed by atoms with E-state index in [9.17, 15) is 14.4 Å². The highest BCUT2D eigenvalue weighted by Gasteiger charge is 2.30. The normalized spacial score (nSPS) is 12.5. The van der Waals surface area contributed by atoms with Crippen LogP contribution in [0.1, 0.15) is 53.6 Å². The topological polar surface area (TPSA) is 131 Å². The highest BCUT2D eigenvalue weighted by molar-refractivity contribution is 5.85. The molecular weight excluding hydrogens is 450 g/mol. The van der Waals surface area contributed by atoms with Gasteiger partial charge in [0.1, 0.15) is 6.61 Å². The zero-order valence-electron chi connectivity index (χ0n) is 19.5. The molecule has 0 saturated carbocycles. The molecule has 0 aliphatic heterocycles. The summed E-state index contributed by atoms with van der Waals surface area (Å²) in [5.74, 6) is -1.25. The number of aromatic carboxylic acids is 1. The summed E-state index contributed by atoms with van der Waals surface area (Å²) in [6.07, 6.45) is -0.161. The molecule has 0 radical (unpaired) electrons. The average Bonchev–Trinajstić information content (AvgIpc) is 3.44. The Kier molecular flexibility index (Phi) is 6.86. The number of amides is 2. The van der Waals surface area contributed by atoms with E-state index in [1.54, 1.807) is 13.8 Å². The molecule has 2 aromatic carbocycles. The van der Waals surface area contributed by atoms with E-state index in [1.165, 1.54) is 6.07 Å². The van der Waals surface area contributed by atoms with Crippen LogP contribution < -0.4 is 10.6 Å². The van der Waals surface area contributed by atoms with Crippen molar-refractivity contribution in [2.75, 3.05) is 13.2 Å². The molecule has 1 heterocycles. The van der Waals surface area contributed by atoms with Crippen LogP contribution in [0.5, 0.6) is 0 Å². The number of benzene rings is 2. The van der Waals surface area contributed by atoms with E-state index in [0.717, 1.165) is 22.3 Å². The molecule has 0 atom stereocenters. The van der Waals surface area contributed by atoms with E-state index < -0.39 is 17.5 Å². The predicted octanol–water partition coefficient (Wildman–Crippen LogP) is 3.94. The Balaban J connectivity index is 1.24. The van der Waals surface area contributed by atoms with Crippen molar-refractivity contribution < 1.29 is 28.8 Å². The molecule has 35 heavy (non-hydrogen) atoms. The van der Waals surface area contributed by atoms with Crippen molar-refractivity contribution >= 4 is 18.0 Å². The second-order valence-electron chi connectivity index (χ2n) is 9.05. The molecule has 1 aromatic heterocycles. The summed E-state index contributed by atoms with van der Waals surface area (Å²) >= 11 is 0. The number of rotatable bonds is 9. The minimum Gasteiger partial charge on any atom is -0.476 e. The summed E-state index contributed by atoms with van der Waals surface area (Å²) in [5, 5.41) is 17.7. The lowest BCUT2D eigenvalue weighted by molar-refractivity contribution is -0.129. The zero-order chi connectivity index (χ0) is 25.0. The number of hydrogen-bond acceptors (Lipinski definition) is 6. The Hall–Kier alpha value is -4.14. The summed E-state index contributed by atoms with van der Waals surface area (Å²) < 4.78 is 10.4. The maximum absolute atomic E-state index is 12.6. The van der Waals surface area contributed by atoms with Crippen LogP contribution >= 0.6 is 0 Å². The predicted molar refractivity (Wildman–Crippen MR) is 127 cm³/mol. The molecule has 182 valence electrons. The van der Waals surface area contributed by atoms with Crippen molar-refractivity contribution in [2.24, 2.45) is 5.41 Å². The van der Waals surface area contributed by atoms with Gasteiger partial charge < -0.3 is 25.0 Å². The fourth-order valence-electron chi connectivity index (χ4n) is 4.14. The van der Waals surface area contributed by atoms with Gasteiger partial charge in [0, 0.05) is 23.9 Å². The van der Waals surface area contributed by atoms with Crippen LogP contribution in [0.4, 0.5) is 4.79 Å². The number of carboxylic acids is 1. The lowest BCUT2D eigenvalue weighted by Gasteiger charge is -2.23. The molecule has 0 unspecified atom stereocenters. The molecule has 1 aliphatic rings. The number of nitrogens with one attached hydrogen (secondary N) is 2. The van der Waals surface area contributed by atoms with Gasteiger partial charge in [0.05, 0.1) is 6.54 Å². The maximum Gasteiger partial charge on any atom is 0.407 e. The molecule has 4 rings (SSSR count). The maximum atomic E-state index is 12.6. The average molecular weight is 478 g/mol. The van der Waals surface area contributed by atoms with Crippen molar-refractivity contribution in [3.63, 3.8) is 0 Å². The lowest BCUT2D eigenvalue weighted by atomic mass is 9.88. The Morgan fingerprint density at radius 2 is 1.66 bits per heavy atom. The van der Waals surface area contributed by atoms with Crippen molar-refractivity contribution in [1.29, 1.82) is 0 Å². The molecule has 1 aliphatic carbocycles. The minimum atomic E-state index is -1.20. The van der Waals surface area contributed by atoms with E-state index in [-0.39, 0.29) is 43.0 Å². The molecule has 2 amide bonds. The second-order valence-corrected chi connectivity index (χ2v) is 9.05. The van der Waals surface area contributed by atoms with Gasteiger partial charge in [-0.25, -0.2) is 9.59 Å². The van der Waals surface area contributed by atoms with Gasteiger partial charge in [0.25, 0.3) is 0 Å². The highest BCUT2D eigenvalue weighted by Crippen LogP contribution is 2.44. The quantitative estimate of drug-likeness (QED) is 0.425. The number of ether oxygens (including phenoxy) is 1. The minimum absolute atomic E-state index is 0.0162. The largest absolute Gasteiger partial charge is 0.476 e. The first kappa shape index (κ1) is 24.0. The van der Waals surface area contributed by atoms with Crippen LogP contribution in [0, 0.1) is 5.41 Å². The molecule has 3 N–H and O–H groups in total. The van der Waals surface area contributed by atoms with Crippen LogP contribution in [-0.2, 0) is 16.1 Å². The van der Waals surface area contributed by atoms with Crippen molar-refractivity contribution in [3.05, 3.63) is 77.2 Å². The van der Waals surface area contributed by atoms with E-state index in [2.05, 4.69) is 40.1 Å². The van der Waals surface area contributed by atoms with Gasteiger partial charge >= 0.3 is 12.1 Å². The summed E-state index contributed by atoms with van der Waals surface area (Å²) in [6, 6.07) is 17.5. The van der Waals surface area contributed by atoms with E-state index in [4.69, 9.17) is 14.4 Å². The number of fused-ring (bicyclic) bond motifs is 3. The van der Waals surface area contributed by atoms with E-state index in [0.29, 0.717) is 6.42 Å². The van der Waals surface area contributed by atoms with E-state index in [1.807, 2.05) is 24.3 Å². The van der Waals surface area contributed by atoms with Crippen LogP contribution in [0.2, 0.25) is 0 Å². The Bertz CT molecular complexity index is 1200. The number of hydrogen-bond donors (Lipinski definition) is 3. The first-order valence-electron chi connectivity index (χ1n) is 11.3. The standard InChI is InChI=1S/C26H27N3O6/c1-26(2,24(32)28-14-16-13-22(23(30)31)29-35-16)11-12-27-25(33)34-15-21-19-9-5-3-7-17(19)18-8-4-6-10-20(18)21/h3-10,13,21H,11-12,14-15H2,1-2H3,(H,27,33)(H,28,32)(H,30,31). The third kappa shape index (κ3) is 5.34. The smallest absolute Gasteiger partial charge is 0.407 e. The number of carbonyl (C=O) groups excluding carboxylic acids is 2. The molecule has 0 saturated heterocycles. The number of nitrogens with zero attached hydrogens (tertiary/aromatic N) is 1. The zero-order valence-corrected chi connectivity index (χ0v) is 19.5. The highest BCUT2D eigenvalue weighted by atomic mass is 16.5. The Labute approximate surface area is 202 Å². The van der Waals surface area contributed by atoms with Gasteiger partial charge in [-0.2, -0.15) is 0 Å². The van der Waals surface area contributed by atoms with Crippen LogP contribution in [0.25, 0.3) is 11.1 Å². The monoisotopic (exact) mass is 477 g/mol. The van der Waals surface area contributed by atoms with E-state index >= 15 is 0 Å². The van der Waals surface area contributed by atoms with Gasteiger partial charge in [-0.15, -0.1) is 0 Å². The van der Waals surface area contributed by atoms with Gasteiger partial charge in [-0.05, 0) is 28.7 Å². The summed E-state index contributed by atoms with van der Waals surface area (Å²) in [6.45, 7) is 4.00. The van der Waals surface area contributed by atoms with Gasteiger partial charge in [0.15, 0.2) is 11.5 Å². The fourth-order valence-corrected chi connectivity index (χ4v) is 4.14. The summed E-state index contributed by atoms with van der Waals surface area (Å²) in [4.78, 5) is 35.8. The van der Waals surface area contributed by atoms with Crippen molar-refractivity contribution in [3.8, 4) is 11.1 Å². The molecule has 3 aromatic rings. The van der Waals surface area contributed by atoms with Crippen molar-refractivity contribution in [2.45, 2.75) is 32.7 Å². The Morgan fingerprint density at radius 3 is 2.26 bits per heavy atom. The third-order valence-electron chi connectivity index (χ3n) is 6.18. The van der Waals surface area contributed by atoms with Crippen molar-refractivity contribution in [1.82, 2.24) is 15.8 Å². The molecular formula is C26H27N3O6. The number of alkyl carbamates (subject to hydrolysis) is 1. The first-order chi connectivity index (χ1) is 16.8.